The van der Waals surface area contributed by atoms with E-state index >= 15 is 0 Å². The van der Waals surface area contributed by atoms with E-state index in [0.29, 0.717) is 55.5 Å². The van der Waals surface area contributed by atoms with Crippen LogP contribution in [0.15, 0.2) is 54.6 Å². The Labute approximate surface area is 246 Å². The Morgan fingerprint density at radius 1 is 1.05 bits per heavy atom. The zero-order valence-electron chi connectivity index (χ0n) is 24.8. The molecule has 3 heterocycles. The summed E-state index contributed by atoms with van der Waals surface area (Å²) in [6, 6.07) is 16.1. The SMILES string of the molecule is COc1cc2c3cc1Oc1ccc(O)c(c1)C(=O)NCCCOc1cccc(c1)C2N(C(=O)C1C(C)(C)C1(C)C)CC3. The highest BCUT2D eigenvalue weighted by molar-refractivity contribution is 5.97. The maximum atomic E-state index is 14.2. The Balaban J connectivity index is 1.47. The molecule has 0 spiro atoms. The first-order valence-corrected chi connectivity index (χ1v) is 14.6. The molecule has 2 N–H and O–H groups in total. The number of hydrogen-bond acceptors (Lipinski definition) is 6. The van der Waals surface area contributed by atoms with Gasteiger partial charge < -0.3 is 29.5 Å². The van der Waals surface area contributed by atoms with Gasteiger partial charge in [0.2, 0.25) is 5.91 Å². The minimum atomic E-state index is -0.395. The number of amides is 2. The van der Waals surface area contributed by atoms with E-state index in [1.165, 1.54) is 12.1 Å². The van der Waals surface area contributed by atoms with Crippen molar-refractivity contribution in [3.05, 3.63) is 76.9 Å². The zero-order chi connectivity index (χ0) is 29.8. The van der Waals surface area contributed by atoms with Crippen molar-refractivity contribution in [2.45, 2.75) is 46.6 Å². The topological polar surface area (TPSA) is 97.3 Å². The second kappa shape index (κ2) is 10.3. The minimum absolute atomic E-state index is 0.0672. The molecular formula is C34H38N2O6. The predicted molar refractivity (Wildman–Crippen MR) is 158 cm³/mol. The molecule has 2 amide bonds. The fourth-order valence-electron chi connectivity index (χ4n) is 6.66. The number of phenols is 1. The molecule has 0 radical (unpaired) electrons. The predicted octanol–water partition coefficient (Wildman–Crippen LogP) is 5.86. The molecule has 7 rings (SSSR count). The van der Waals surface area contributed by atoms with Gasteiger partial charge >= 0.3 is 0 Å². The summed E-state index contributed by atoms with van der Waals surface area (Å²) >= 11 is 0. The van der Waals surface area contributed by atoms with Crippen LogP contribution in [0, 0.1) is 16.7 Å². The standard InChI is InChI=1S/C34H38N2O6/c1-33(2)30(34(33,3)4)32(39)36-14-12-20-17-28-27(40-5)19-24(20)29(36)21-8-6-9-22(16-21)41-15-7-13-35-31(38)25-18-23(42-28)10-11-26(25)37/h6,8-11,16-19,29-30,37H,7,12-15H2,1-5H3,(H,35,38). The van der Waals surface area contributed by atoms with Crippen molar-refractivity contribution in [1.29, 1.82) is 0 Å². The average molecular weight is 571 g/mol. The first kappa shape index (κ1) is 27.9. The van der Waals surface area contributed by atoms with Gasteiger partial charge in [0, 0.05) is 19.0 Å². The summed E-state index contributed by atoms with van der Waals surface area (Å²) in [7, 11) is 1.58. The number of carbonyl (C=O) groups is 2. The van der Waals surface area contributed by atoms with Gasteiger partial charge in [-0.2, -0.15) is 0 Å². The first-order valence-electron chi connectivity index (χ1n) is 14.6. The molecule has 4 aliphatic rings. The van der Waals surface area contributed by atoms with E-state index in [2.05, 4.69) is 33.0 Å². The van der Waals surface area contributed by atoms with Crippen LogP contribution in [0.3, 0.4) is 0 Å². The molecule has 3 aromatic carbocycles. The lowest BCUT2D eigenvalue weighted by Crippen LogP contribution is -2.42. The number of hydrogen-bond donors (Lipinski definition) is 2. The van der Waals surface area contributed by atoms with Crippen molar-refractivity contribution in [3.8, 4) is 28.7 Å². The zero-order valence-corrected chi connectivity index (χ0v) is 24.8. The third-order valence-corrected chi connectivity index (χ3v) is 9.69. The van der Waals surface area contributed by atoms with Crippen LogP contribution in [0.1, 0.15) is 67.2 Å². The molecule has 1 fully saturated rings. The Hall–Kier alpha value is -4.20. The van der Waals surface area contributed by atoms with E-state index < -0.39 is 5.91 Å². The fourth-order valence-corrected chi connectivity index (χ4v) is 6.66. The van der Waals surface area contributed by atoms with Crippen molar-refractivity contribution in [3.63, 3.8) is 0 Å². The molecule has 42 heavy (non-hydrogen) atoms. The van der Waals surface area contributed by atoms with E-state index in [9.17, 15) is 14.7 Å². The number of benzene rings is 3. The average Bonchev–Trinajstić information content (AvgIpc) is 3.39. The lowest BCUT2D eigenvalue weighted by Gasteiger charge is -2.39. The summed E-state index contributed by atoms with van der Waals surface area (Å²) in [5.74, 6) is 1.67. The number of carbonyl (C=O) groups excluding carboxylic acids is 2. The maximum absolute atomic E-state index is 14.2. The third-order valence-electron chi connectivity index (χ3n) is 9.69. The van der Waals surface area contributed by atoms with E-state index in [1.807, 2.05) is 41.3 Å². The molecular weight excluding hydrogens is 532 g/mol. The van der Waals surface area contributed by atoms with Gasteiger partial charge in [0.15, 0.2) is 11.5 Å². The Morgan fingerprint density at radius 3 is 2.57 bits per heavy atom. The number of nitrogens with zero attached hydrogens (tertiary/aromatic N) is 1. The molecule has 1 unspecified atom stereocenters. The molecule has 3 aromatic rings. The number of fused-ring (bicyclic) bond motifs is 6. The largest absolute Gasteiger partial charge is 0.507 e. The van der Waals surface area contributed by atoms with Crippen LogP contribution in [0.4, 0.5) is 0 Å². The van der Waals surface area contributed by atoms with E-state index in [1.54, 1.807) is 13.2 Å². The first-order chi connectivity index (χ1) is 20.0. The normalized spacial score (nSPS) is 20.8. The van der Waals surface area contributed by atoms with Gasteiger partial charge in [0.05, 0.1) is 25.3 Å². The van der Waals surface area contributed by atoms with Crippen LogP contribution >= 0.6 is 0 Å². The molecule has 8 bridgehead atoms. The van der Waals surface area contributed by atoms with Crippen LogP contribution in [-0.2, 0) is 11.2 Å². The molecule has 3 aliphatic heterocycles. The number of phenolic OH excluding ortho intramolecular Hbond substituents is 1. The second-order valence-corrected chi connectivity index (χ2v) is 12.6. The fraction of sp³-hybridized carbons (Fsp3) is 0.412. The Morgan fingerprint density at radius 2 is 1.83 bits per heavy atom. The van der Waals surface area contributed by atoms with Gasteiger partial charge in [0.25, 0.3) is 5.91 Å². The van der Waals surface area contributed by atoms with Crippen LogP contribution < -0.4 is 19.5 Å². The number of rotatable bonds is 2. The van der Waals surface area contributed by atoms with Gasteiger partial charge in [-0.1, -0.05) is 39.8 Å². The van der Waals surface area contributed by atoms with Crippen molar-refractivity contribution >= 4 is 11.8 Å². The highest BCUT2D eigenvalue weighted by atomic mass is 16.5. The van der Waals surface area contributed by atoms with Gasteiger partial charge in [-0.05, 0) is 82.8 Å². The Kier molecular flexibility index (Phi) is 6.83. The lowest BCUT2D eigenvalue weighted by atomic mass is 9.87. The third kappa shape index (κ3) is 4.63. The summed E-state index contributed by atoms with van der Waals surface area (Å²) < 4.78 is 18.1. The van der Waals surface area contributed by atoms with E-state index in [-0.39, 0.29) is 40.0 Å². The summed E-state index contributed by atoms with van der Waals surface area (Å²) in [6.45, 7) is 10.0. The number of nitrogens with one attached hydrogen (secondary N) is 1. The summed E-state index contributed by atoms with van der Waals surface area (Å²) in [4.78, 5) is 29.1. The molecule has 0 saturated heterocycles. The van der Waals surface area contributed by atoms with Crippen LogP contribution in [0.25, 0.3) is 0 Å². The highest BCUT2D eigenvalue weighted by Crippen LogP contribution is 2.69. The molecule has 8 nitrogen and oxygen atoms in total. The summed E-state index contributed by atoms with van der Waals surface area (Å²) in [5, 5.41) is 13.2. The van der Waals surface area contributed by atoms with Crippen molar-refractivity contribution in [2.75, 3.05) is 26.8 Å². The molecule has 1 aliphatic carbocycles. The van der Waals surface area contributed by atoms with Crippen LogP contribution in [-0.4, -0.2) is 48.6 Å². The lowest BCUT2D eigenvalue weighted by molar-refractivity contribution is -0.136. The smallest absolute Gasteiger partial charge is 0.255 e. The quantitative estimate of drug-likeness (QED) is 0.401. The number of aromatic hydroxyl groups is 1. The molecule has 1 atom stereocenters. The second-order valence-electron chi connectivity index (χ2n) is 12.6. The van der Waals surface area contributed by atoms with E-state index in [0.717, 1.165) is 16.7 Å². The number of methoxy groups -OCH3 is 1. The van der Waals surface area contributed by atoms with Crippen LogP contribution in [0.5, 0.6) is 28.7 Å². The molecule has 220 valence electrons. The van der Waals surface area contributed by atoms with Crippen molar-refractivity contribution in [1.82, 2.24) is 10.2 Å². The molecule has 8 heteroatoms. The molecule has 0 aromatic heterocycles. The van der Waals surface area contributed by atoms with Gasteiger partial charge in [-0.15, -0.1) is 0 Å². The van der Waals surface area contributed by atoms with Crippen molar-refractivity contribution in [2.24, 2.45) is 16.7 Å². The Bertz CT molecular complexity index is 1550. The van der Waals surface area contributed by atoms with E-state index in [4.69, 9.17) is 14.2 Å². The number of ether oxygens (including phenoxy) is 3. The van der Waals surface area contributed by atoms with Gasteiger partial charge in [0.1, 0.15) is 17.2 Å². The van der Waals surface area contributed by atoms with Crippen molar-refractivity contribution < 1.29 is 28.9 Å². The maximum Gasteiger partial charge on any atom is 0.255 e. The minimum Gasteiger partial charge on any atom is -0.507 e. The van der Waals surface area contributed by atoms with Crippen LogP contribution in [0.2, 0.25) is 0 Å². The highest BCUT2D eigenvalue weighted by Gasteiger charge is 2.69. The molecule has 1 saturated carbocycles. The summed E-state index contributed by atoms with van der Waals surface area (Å²) in [6.07, 6.45) is 1.24. The van der Waals surface area contributed by atoms with Gasteiger partial charge in [-0.3, -0.25) is 9.59 Å². The summed E-state index contributed by atoms with van der Waals surface area (Å²) in [5.41, 5.74) is 2.96. The monoisotopic (exact) mass is 570 g/mol. The van der Waals surface area contributed by atoms with Gasteiger partial charge in [-0.25, -0.2) is 0 Å².